The number of allylic oxidation sites excluding steroid dienone is 2. The Balaban J connectivity index is 0.00000165. The van der Waals surface area contributed by atoms with Gasteiger partial charge in [0.15, 0.2) is 0 Å². The van der Waals surface area contributed by atoms with Crippen LogP contribution in [0.2, 0.25) is 0 Å². The molecule has 0 saturated carbocycles. The number of hydrogen-bond acceptors (Lipinski definition) is 2. The predicted molar refractivity (Wildman–Crippen MR) is 174 cm³/mol. The first kappa shape index (κ1) is 30.3. The van der Waals surface area contributed by atoms with Crippen LogP contribution >= 0.6 is 22.7 Å². The average molecular weight is 709 g/mol. The van der Waals surface area contributed by atoms with E-state index in [1.807, 2.05) is 22.7 Å². The molecule has 0 amide bonds. The maximum atomic E-state index is 2.49. The second kappa shape index (κ2) is 13.1. The quantitative estimate of drug-likeness (QED) is 0.226. The summed E-state index contributed by atoms with van der Waals surface area (Å²) in [4.78, 5) is 5.54. The van der Waals surface area contributed by atoms with Crippen LogP contribution in [-0.2, 0) is 23.2 Å². The largest absolute Gasteiger partial charge is 1.00 e. The molecule has 4 aromatic carbocycles. The molecule has 2 aliphatic rings. The summed E-state index contributed by atoms with van der Waals surface area (Å²) < 4.78 is 1.04. The monoisotopic (exact) mass is 706 g/mol. The first-order valence-corrected chi connectivity index (χ1v) is 18.5. The van der Waals surface area contributed by atoms with E-state index >= 15 is 0 Å². The molecule has 2 atom stereocenters. The van der Waals surface area contributed by atoms with Crippen LogP contribution in [0.3, 0.4) is 0 Å². The van der Waals surface area contributed by atoms with E-state index in [4.69, 9.17) is 0 Å². The molecule has 2 aromatic heterocycles. The van der Waals surface area contributed by atoms with Crippen molar-refractivity contribution < 1.29 is 48.0 Å². The van der Waals surface area contributed by atoms with E-state index in [1.165, 1.54) is 64.0 Å². The molecule has 2 aliphatic carbocycles. The van der Waals surface area contributed by atoms with Crippen molar-refractivity contribution in [3.05, 3.63) is 165 Å². The number of rotatable bonds is 6. The van der Waals surface area contributed by atoms with Gasteiger partial charge in [-0.15, -0.1) is 0 Å². The molecule has 208 valence electrons. The van der Waals surface area contributed by atoms with Crippen molar-refractivity contribution in [1.82, 2.24) is 0 Å². The zero-order chi connectivity index (χ0) is 27.2. The van der Waals surface area contributed by atoms with E-state index in [-0.39, 0.29) is 24.8 Å². The maximum Gasteiger partial charge on any atom is -1.00 e. The average Bonchev–Trinajstić information content (AvgIpc) is 3.84. The van der Waals surface area contributed by atoms with Gasteiger partial charge < -0.3 is 24.8 Å². The molecule has 43 heavy (non-hydrogen) atoms. The zero-order valence-corrected chi connectivity index (χ0v) is 28.7. The van der Waals surface area contributed by atoms with E-state index in [0.29, 0.717) is 7.25 Å². The molecular weight excluding hydrogens is 683 g/mol. The molecule has 0 aliphatic heterocycles. The molecule has 2 unspecified atom stereocenters. The van der Waals surface area contributed by atoms with Gasteiger partial charge in [-0.3, -0.25) is 0 Å². The Morgan fingerprint density at radius 2 is 0.767 bits per heavy atom. The summed E-state index contributed by atoms with van der Waals surface area (Å²) in [7, 11) is 0. The number of fused-ring (bicyclic) bond motifs is 2. The smallest absolute Gasteiger partial charge is 1.00 e. The van der Waals surface area contributed by atoms with Crippen LogP contribution < -0.4 is 24.8 Å². The van der Waals surface area contributed by atoms with E-state index in [9.17, 15) is 0 Å². The fraction of sp³-hybridized carbons (Fsp3) is 0.0526. The van der Waals surface area contributed by atoms with E-state index in [0.717, 1.165) is 0 Å². The van der Waals surface area contributed by atoms with Crippen molar-refractivity contribution in [3.8, 4) is 20.9 Å². The summed E-state index contributed by atoms with van der Waals surface area (Å²) in [5, 5.41) is 0. The summed E-state index contributed by atoms with van der Waals surface area (Å²) in [5.41, 5.74) is 11.5. The van der Waals surface area contributed by atoms with Crippen LogP contribution in [0.25, 0.3) is 44.2 Å². The Kier molecular flexibility index (Phi) is 9.19. The number of benzene rings is 4. The van der Waals surface area contributed by atoms with Crippen LogP contribution in [0.15, 0.2) is 133 Å². The van der Waals surface area contributed by atoms with Crippen molar-refractivity contribution in [2.75, 3.05) is 0 Å². The van der Waals surface area contributed by atoms with Gasteiger partial charge in [0, 0.05) is 0 Å². The third-order valence-corrected chi connectivity index (χ3v) is 15.2. The van der Waals surface area contributed by atoms with Gasteiger partial charge in [-0.25, -0.2) is 0 Å². The van der Waals surface area contributed by atoms with Gasteiger partial charge in [0.25, 0.3) is 0 Å². The van der Waals surface area contributed by atoms with Crippen LogP contribution in [0, 0.1) is 0 Å². The molecule has 0 saturated heterocycles. The van der Waals surface area contributed by atoms with E-state index in [1.54, 1.807) is 0 Å². The minimum absolute atomic E-state index is 0. The maximum absolute atomic E-state index is 2.49. The summed E-state index contributed by atoms with van der Waals surface area (Å²) in [6, 6.07) is 49.2. The van der Waals surface area contributed by atoms with Crippen molar-refractivity contribution in [2.45, 2.75) is 7.25 Å². The standard InChI is InChI=1S/2C19H13S.2ClH.Zr/c2*1-2-6-14(7-3-1)18-10-11-19(20-18)17-12-15-8-4-5-9-16(15)13-17;;;/h2*1-13H;2*1H;/q;;;;+2/p-2. The van der Waals surface area contributed by atoms with Crippen LogP contribution in [-0.4, -0.2) is 0 Å². The third-order valence-electron chi connectivity index (χ3n) is 8.09. The first-order valence-electron chi connectivity index (χ1n) is 14.0. The molecule has 6 aromatic rings. The summed E-state index contributed by atoms with van der Waals surface area (Å²) in [6.07, 6.45) is 4.98. The Labute approximate surface area is 285 Å². The zero-order valence-electron chi connectivity index (χ0n) is 23.1. The van der Waals surface area contributed by atoms with Crippen molar-refractivity contribution in [2.24, 2.45) is 0 Å². The van der Waals surface area contributed by atoms with Crippen LogP contribution in [0.4, 0.5) is 0 Å². The molecule has 5 heteroatoms. The normalized spacial score (nSPS) is 16.2. The van der Waals surface area contributed by atoms with Gasteiger partial charge >= 0.3 is 263 Å². The van der Waals surface area contributed by atoms with Gasteiger partial charge in [0.05, 0.1) is 0 Å². The number of halogens is 2. The predicted octanol–water partition coefficient (Wildman–Crippen LogP) is 5.12. The summed E-state index contributed by atoms with van der Waals surface area (Å²) >= 11 is 2.84. The van der Waals surface area contributed by atoms with Gasteiger partial charge in [-0.1, -0.05) is 0 Å². The fourth-order valence-electron chi connectivity index (χ4n) is 6.10. The molecule has 8 rings (SSSR count). The van der Waals surface area contributed by atoms with E-state index < -0.39 is 23.2 Å². The first-order chi connectivity index (χ1) is 20.3. The SMILES string of the molecule is C1=C(c2ccc(-c3ccccc3)s2)[CH]([Zr+2][CH]2C(c3ccc(-c4ccccc4)s3)=Cc3ccccc32)c2ccccc21.[Cl-].[Cl-]. The topological polar surface area (TPSA) is 0 Å². The third kappa shape index (κ3) is 5.75. The van der Waals surface area contributed by atoms with Crippen LogP contribution in [0.1, 0.15) is 39.3 Å². The second-order valence-corrected chi connectivity index (χ2v) is 16.4. The molecule has 2 heterocycles. The van der Waals surface area contributed by atoms with Crippen LogP contribution in [0.5, 0.6) is 0 Å². The van der Waals surface area contributed by atoms with Crippen molar-refractivity contribution in [3.63, 3.8) is 0 Å². The molecule has 0 N–H and O–H groups in total. The Morgan fingerprint density at radius 3 is 1.21 bits per heavy atom. The van der Waals surface area contributed by atoms with Gasteiger partial charge in [0.2, 0.25) is 0 Å². The number of hydrogen-bond donors (Lipinski definition) is 0. The van der Waals surface area contributed by atoms with Gasteiger partial charge in [-0.2, -0.15) is 0 Å². The molecular formula is C38H26Cl2S2Zr. The summed E-state index contributed by atoms with van der Waals surface area (Å²) in [6.45, 7) is 0. The molecule has 0 fully saturated rings. The van der Waals surface area contributed by atoms with Gasteiger partial charge in [0.1, 0.15) is 0 Å². The Hall–Kier alpha value is -2.78. The minimum Gasteiger partial charge on any atom is -1.00 e. The number of thiophene rings is 2. The van der Waals surface area contributed by atoms with Gasteiger partial charge in [-0.05, 0) is 0 Å². The van der Waals surface area contributed by atoms with Crippen molar-refractivity contribution in [1.29, 1.82) is 0 Å². The molecule has 0 spiro atoms. The second-order valence-electron chi connectivity index (χ2n) is 10.5. The Bertz CT molecular complexity index is 1790. The fourth-order valence-corrected chi connectivity index (χ4v) is 13.8. The molecule has 0 nitrogen and oxygen atoms in total. The summed E-state index contributed by atoms with van der Waals surface area (Å²) in [5.74, 6) is 0. The molecule has 0 bridgehead atoms. The van der Waals surface area contributed by atoms with Crippen molar-refractivity contribution >= 4 is 46.0 Å². The van der Waals surface area contributed by atoms with E-state index in [2.05, 4.69) is 146 Å². The Morgan fingerprint density at radius 1 is 0.395 bits per heavy atom. The molecule has 0 radical (unpaired) electrons. The minimum atomic E-state index is -1.05.